The molecule has 1 saturated heterocycles. The quantitative estimate of drug-likeness (QED) is 0.947. The van der Waals surface area contributed by atoms with Crippen molar-refractivity contribution in [3.63, 3.8) is 0 Å². The third kappa shape index (κ3) is 2.51. The minimum Gasteiger partial charge on any atom is -0.381 e. The molecule has 0 aromatic carbocycles. The number of aryl methyl sites for hydroxylation is 1. The summed E-state index contributed by atoms with van der Waals surface area (Å²) in [4.78, 5) is 18.2. The second-order valence-electron chi connectivity index (χ2n) is 4.92. The number of ether oxygens (including phenoxy) is 1. The van der Waals surface area contributed by atoms with Gasteiger partial charge in [0.1, 0.15) is 0 Å². The van der Waals surface area contributed by atoms with Gasteiger partial charge < -0.3 is 10.1 Å². The standard InChI is InChI=1S/C14H16N2O2S2/c1-10-9-20-13(15-10)16-12(17)14(4-6-18-7-5-14)11-3-2-8-19-11/h2-3,8-9H,4-7H2,1H3,(H,15,16,17). The third-order valence-corrected chi connectivity index (χ3v) is 5.56. The van der Waals surface area contributed by atoms with Gasteiger partial charge in [0.2, 0.25) is 5.91 Å². The van der Waals surface area contributed by atoms with E-state index in [0.717, 1.165) is 23.4 Å². The van der Waals surface area contributed by atoms with Gasteiger partial charge in [0, 0.05) is 23.5 Å². The van der Waals surface area contributed by atoms with Crippen molar-refractivity contribution < 1.29 is 9.53 Å². The van der Waals surface area contributed by atoms with Crippen LogP contribution in [0.25, 0.3) is 0 Å². The van der Waals surface area contributed by atoms with Gasteiger partial charge in [-0.1, -0.05) is 6.07 Å². The van der Waals surface area contributed by atoms with Crippen LogP contribution in [0.15, 0.2) is 22.9 Å². The summed E-state index contributed by atoms with van der Waals surface area (Å²) >= 11 is 3.11. The minimum absolute atomic E-state index is 0.0394. The number of anilines is 1. The summed E-state index contributed by atoms with van der Waals surface area (Å²) in [6, 6.07) is 4.04. The summed E-state index contributed by atoms with van der Waals surface area (Å²) in [5, 5.41) is 7.62. The van der Waals surface area contributed by atoms with E-state index in [2.05, 4.69) is 10.3 Å². The summed E-state index contributed by atoms with van der Waals surface area (Å²) in [6.45, 7) is 3.18. The number of aromatic nitrogens is 1. The van der Waals surface area contributed by atoms with E-state index in [1.165, 1.54) is 11.3 Å². The zero-order valence-electron chi connectivity index (χ0n) is 11.2. The van der Waals surface area contributed by atoms with Gasteiger partial charge in [-0.3, -0.25) is 4.79 Å². The van der Waals surface area contributed by atoms with Crippen molar-refractivity contribution in [1.82, 2.24) is 4.98 Å². The second-order valence-corrected chi connectivity index (χ2v) is 6.73. The highest BCUT2D eigenvalue weighted by Crippen LogP contribution is 2.38. The van der Waals surface area contributed by atoms with Crippen LogP contribution in [0.2, 0.25) is 0 Å². The van der Waals surface area contributed by atoms with Crippen molar-refractivity contribution in [1.29, 1.82) is 0 Å². The highest BCUT2D eigenvalue weighted by atomic mass is 32.1. The topological polar surface area (TPSA) is 51.2 Å². The predicted octanol–water partition coefficient (Wildman–Crippen LogP) is 3.20. The molecule has 1 amide bonds. The van der Waals surface area contributed by atoms with Crippen LogP contribution in [-0.2, 0) is 14.9 Å². The van der Waals surface area contributed by atoms with Gasteiger partial charge in [-0.25, -0.2) is 4.98 Å². The van der Waals surface area contributed by atoms with E-state index in [1.807, 2.05) is 29.8 Å². The fourth-order valence-electron chi connectivity index (χ4n) is 2.48. The van der Waals surface area contributed by atoms with Crippen LogP contribution in [0.4, 0.5) is 5.13 Å². The molecule has 0 spiro atoms. The van der Waals surface area contributed by atoms with Crippen LogP contribution in [0.1, 0.15) is 23.4 Å². The summed E-state index contributed by atoms with van der Waals surface area (Å²) in [5.74, 6) is 0.0394. The van der Waals surface area contributed by atoms with Gasteiger partial charge >= 0.3 is 0 Å². The Kier molecular flexibility index (Phi) is 3.87. The molecule has 1 fully saturated rings. The minimum atomic E-state index is -0.466. The molecule has 1 aliphatic rings. The fourth-order valence-corrected chi connectivity index (χ4v) is 4.15. The fraction of sp³-hybridized carbons (Fsp3) is 0.429. The normalized spacial score (nSPS) is 17.9. The Morgan fingerprint density at radius 2 is 2.20 bits per heavy atom. The molecule has 1 aliphatic heterocycles. The lowest BCUT2D eigenvalue weighted by atomic mass is 9.78. The molecule has 0 saturated carbocycles. The molecule has 0 radical (unpaired) electrons. The molecule has 0 atom stereocenters. The zero-order valence-corrected chi connectivity index (χ0v) is 12.9. The number of carbonyl (C=O) groups is 1. The third-order valence-electron chi connectivity index (χ3n) is 3.61. The molecule has 4 nitrogen and oxygen atoms in total. The van der Waals surface area contributed by atoms with E-state index in [1.54, 1.807) is 11.3 Å². The van der Waals surface area contributed by atoms with Crippen molar-refractivity contribution in [2.75, 3.05) is 18.5 Å². The summed E-state index contributed by atoms with van der Waals surface area (Å²) in [5.41, 5.74) is 0.467. The van der Waals surface area contributed by atoms with Crippen LogP contribution in [0.5, 0.6) is 0 Å². The number of nitrogens with one attached hydrogen (secondary N) is 1. The molecule has 0 aliphatic carbocycles. The van der Waals surface area contributed by atoms with Gasteiger partial charge in [-0.2, -0.15) is 0 Å². The first-order valence-electron chi connectivity index (χ1n) is 6.56. The largest absolute Gasteiger partial charge is 0.381 e. The van der Waals surface area contributed by atoms with E-state index in [0.29, 0.717) is 18.3 Å². The molecule has 2 aromatic rings. The lowest BCUT2D eigenvalue weighted by Gasteiger charge is -2.34. The van der Waals surface area contributed by atoms with E-state index in [9.17, 15) is 4.79 Å². The van der Waals surface area contributed by atoms with E-state index >= 15 is 0 Å². The Morgan fingerprint density at radius 1 is 1.40 bits per heavy atom. The number of carbonyl (C=O) groups excluding carboxylic acids is 1. The van der Waals surface area contributed by atoms with Crippen molar-refractivity contribution in [3.05, 3.63) is 33.5 Å². The van der Waals surface area contributed by atoms with Crippen molar-refractivity contribution >= 4 is 33.7 Å². The first-order valence-corrected chi connectivity index (χ1v) is 8.32. The number of amides is 1. The van der Waals surface area contributed by atoms with Gasteiger partial charge in [-0.15, -0.1) is 22.7 Å². The number of nitrogens with zero attached hydrogens (tertiary/aromatic N) is 1. The van der Waals surface area contributed by atoms with Crippen LogP contribution >= 0.6 is 22.7 Å². The van der Waals surface area contributed by atoms with Gasteiger partial charge in [0.15, 0.2) is 5.13 Å². The Hall–Kier alpha value is -1.24. The number of thiophene rings is 1. The lowest BCUT2D eigenvalue weighted by Crippen LogP contribution is -2.44. The molecule has 1 N–H and O–H groups in total. The van der Waals surface area contributed by atoms with E-state index < -0.39 is 5.41 Å². The number of hydrogen-bond donors (Lipinski definition) is 1. The van der Waals surface area contributed by atoms with Gasteiger partial charge in [0.05, 0.1) is 11.1 Å². The van der Waals surface area contributed by atoms with Crippen LogP contribution in [0.3, 0.4) is 0 Å². The average molecular weight is 308 g/mol. The van der Waals surface area contributed by atoms with Crippen LogP contribution in [-0.4, -0.2) is 24.1 Å². The maximum atomic E-state index is 12.8. The molecule has 0 unspecified atom stereocenters. The molecule has 3 heterocycles. The number of rotatable bonds is 3. The Labute approximate surface area is 125 Å². The molecular formula is C14H16N2O2S2. The van der Waals surface area contributed by atoms with Gasteiger partial charge in [0.25, 0.3) is 0 Å². The second kappa shape index (κ2) is 5.63. The maximum absolute atomic E-state index is 12.8. The Morgan fingerprint density at radius 3 is 2.80 bits per heavy atom. The highest BCUT2D eigenvalue weighted by Gasteiger charge is 2.42. The first-order chi connectivity index (χ1) is 9.71. The Bertz CT molecular complexity index is 586. The molecular weight excluding hydrogens is 292 g/mol. The smallest absolute Gasteiger partial charge is 0.237 e. The average Bonchev–Trinajstić information content (AvgIpc) is 3.11. The van der Waals surface area contributed by atoms with Crippen molar-refractivity contribution in [2.45, 2.75) is 25.2 Å². The Balaban J connectivity index is 1.87. The maximum Gasteiger partial charge on any atom is 0.237 e. The number of thiazole rings is 1. The molecule has 6 heteroatoms. The van der Waals surface area contributed by atoms with Crippen molar-refractivity contribution in [3.8, 4) is 0 Å². The summed E-state index contributed by atoms with van der Waals surface area (Å²) in [6.07, 6.45) is 1.45. The summed E-state index contributed by atoms with van der Waals surface area (Å²) in [7, 11) is 0. The molecule has 3 rings (SSSR count). The summed E-state index contributed by atoms with van der Waals surface area (Å²) < 4.78 is 5.44. The molecule has 0 bridgehead atoms. The molecule has 20 heavy (non-hydrogen) atoms. The monoisotopic (exact) mass is 308 g/mol. The highest BCUT2D eigenvalue weighted by molar-refractivity contribution is 7.14. The molecule has 106 valence electrons. The van der Waals surface area contributed by atoms with Crippen LogP contribution in [0, 0.1) is 6.92 Å². The predicted molar refractivity (Wildman–Crippen MR) is 81.5 cm³/mol. The van der Waals surface area contributed by atoms with Crippen molar-refractivity contribution in [2.24, 2.45) is 0 Å². The van der Waals surface area contributed by atoms with E-state index in [4.69, 9.17) is 4.74 Å². The zero-order chi connectivity index (χ0) is 14.0. The molecule has 2 aromatic heterocycles. The van der Waals surface area contributed by atoms with Crippen LogP contribution < -0.4 is 5.32 Å². The SMILES string of the molecule is Cc1csc(NC(=O)C2(c3cccs3)CCOCC2)n1. The first kappa shape index (κ1) is 13.7. The lowest BCUT2D eigenvalue weighted by molar-refractivity contribution is -0.125. The van der Waals surface area contributed by atoms with E-state index in [-0.39, 0.29) is 5.91 Å². The number of hydrogen-bond acceptors (Lipinski definition) is 5. The van der Waals surface area contributed by atoms with Gasteiger partial charge in [-0.05, 0) is 31.2 Å².